The number of nitrogens with zero attached hydrogens (tertiary/aromatic N) is 3. The van der Waals surface area contributed by atoms with Crippen LogP contribution >= 0.6 is 11.6 Å². The normalized spacial score (nSPS) is 17.4. The molecule has 1 aromatic heterocycles. The van der Waals surface area contributed by atoms with Crippen LogP contribution in [0.4, 0.5) is 11.5 Å². The first-order valence-electron chi connectivity index (χ1n) is 6.87. The van der Waals surface area contributed by atoms with Crippen LogP contribution in [0, 0.1) is 11.3 Å². The van der Waals surface area contributed by atoms with Gasteiger partial charge < -0.3 is 10.2 Å². The Balaban J connectivity index is 1.78. The van der Waals surface area contributed by atoms with Gasteiger partial charge in [-0.3, -0.25) is 4.79 Å². The minimum atomic E-state index is -0.388. The van der Waals surface area contributed by atoms with Crippen molar-refractivity contribution in [3.8, 4) is 6.07 Å². The molecule has 3 rings (SSSR count). The molecule has 1 atom stereocenters. The van der Waals surface area contributed by atoms with Crippen LogP contribution in [0.3, 0.4) is 0 Å². The van der Waals surface area contributed by atoms with Crippen LogP contribution in [0.25, 0.3) is 0 Å². The number of nitriles is 1. The van der Waals surface area contributed by atoms with Crippen LogP contribution in [0.5, 0.6) is 0 Å². The van der Waals surface area contributed by atoms with Crippen LogP contribution in [-0.4, -0.2) is 23.5 Å². The number of amides is 1. The second-order valence-corrected chi connectivity index (χ2v) is 5.40. The molecule has 1 aliphatic heterocycles. The van der Waals surface area contributed by atoms with Crippen LogP contribution in [0.1, 0.15) is 12.0 Å². The minimum absolute atomic E-state index is 0.0446. The number of benzene rings is 1. The summed E-state index contributed by atoms with van der Waals surface area (Å²) in [6.45, 7) is 0.603. The fourth-order valence-electron chi connectivity index (χ4n) is 2.49. The molecule has 1 fully saturated rings. The van der Waals surface area contributed by atoms with Crippen molar-refractivity contribution in [1.29, 1.82) is 5.26 Å². The highest BCUT2D eigenvalue weighted by Crippen LogP contribution is 2.26. The Kier molecular flexibility index (Phi) is 3.94. The molecular weight excluding hydrogens is 300 g/mol. The highest BCUT2D eigenvalue weighted by atomic mass is 35.5. The molecule has 1 aromatic carbocycles. The molecule has 2 aromatic rings. The van der Waals surface area contributed by atoms with E-state index in [1.807, 2.05) is 12.1 Å². The molecule has 6 heteroatoms. The smallest absolute Gasteiger partial charge is 0.249 e. The Morgan fingerprint density at radius 3 is 3.00 bits per heavy atom. The molecule has 2 heterocycles. The molecule has 1 saturated heterocycles. The van der Waals surface area contributed by atoms with E-state index in [1.54, 1.807) is 35.4 Å². The molecule has 1 amide bonds. The lowest BCUT2D eigenvalue weighted by Crippen LogP contribution is -2.33. The summed E-state index contributed by atoms with van der Waals surface area (Å²) in [5, 5.41) is 12.7. The number of anilines is 2. The Labute approximate surface area is 133 Å². The number of pyridine rings is 1. The summed E-state index contributed by atoms with van der Waals surface area (Å²) in [6.07, 6.45) is 2.24. The van der Waals surface area contributed by atoms with E-state index in [0.717, 1.165) is 5.69 Å². The van der Waals surface area contributed by atoms with Gasteiger partial charge in [-0.25, -0.2) is 4.98 Å². The maximum atomic E-state index is 12.5. The third-order valence-electron chi connectivity index (χ3n) is 3.56. The molecule has 22 heavy (non-hydrogen) atoms. The molecule has 1 aliphatic rings. The third-order valence-corrected chi connectivity index (χ3v) is 3.80. The molecular formula is C16H13ClN4O. The molecule has 1 unspecified atom stereocenters. The van der Waals surface area contributed by atoms with E-state index in [1.165, 1.54) is 0 Å². The van der Waals surface area contributed by atoms with E-state index in [9.17, 15) is 4.79 Å². The summed E-state index contributed by atoms with van der Waals surface area (Å²) in [4.78, 5) is 18.4. The van der Waals surface area contributed by atoms with Crippen molar-refractivity contribution in [3.63, 3.8) is 0 Å². The number of rotatable bonds is 3. The number of hydrogen-bond acceptors (Lipinski definition) is 4. The lowest BCUT2D eigenvalue weighted by atomic mass is 10.2. The zero-order valence-electron chi connectivity index (χ0n) is 11.7. The van der Waals surface area contributed by atoms with Crippen LogP contribution in [-0.2, 0) is 4.79 Å². The van der Waals surface area contributed by atoms with Gasteiger partial charge in [-0.1, -0.05) is 17.7 Å². The van der Waals surface area contributed by atoms with Gasteiger partial charge in [-0.05, 0) is 36.8 Å². The van der Waals surface area contributed by atoms with Crippen molar-refractivity contribution in [1.82, 2.24) is 4.98 Å². The molecule has 5 nitrogen and oxygen atoms in total. The molecule has 110 valence electrons. The highest BCUT2D eigenvalue weighted by molar-refractivity contribution is 6.31. The van der Waals surface area contributed by atoms with Gasteiger partial charge in [0.1, 0.15) is 17.9 Å². The highest BCUT2D eigenvalue weighted by Gasteiger charge is 2.33. The van der Waals surface area contributed by atoms with Gasteiger partial charge in [0.25, 0.3) is 0 Å². The summed E-state index contributed by atoms with van der Waals surface area (Å²) < 4.78 is 0. The number of aromatic nitrogens is 1. The van der Waals surface area contributed by atoms with E-state index in [-0.39, 0.29) is 11.9 Å². The number of carbonyl (C=O) groups excluding carboxylic acids is 1. The van der Waals surface area contributed by atoms with Crippen molar-refractivity contribution in [2.24, 2.45) is 0 Å². The Morgan fingerprint density at radius 1 is 1.36 bits per heavy atom. The maximum absolute atomic E-state index is 12.5. The second kappa shape index (κ2) is 6.04. The first-order valence-corrected chi connectivity index (χ1v) is 7.25. The van der Waals surface area contributed by atoms with Crippen molar-refractivity contribution >= 4 is 29.0 Å². The van der Waals surface area contributed by atoms with Gasteiger partial charge in [0.05, 0.1) is 5.56 Å². The summed E-state index contributed by atoms with van der Waals surface area (Å²) >= 11 is 5.98. The predicted octanol–water partition coefficient (Wildman–Crippen LogP) is 2.82. The van der Waals surface area contributed by atoms with E-state index in [4.69, 9.17) is 16.9 Å². The fourth-order valence-corrected chi connectivity index (χ4v) is 2.67. The van der Waals surface area contributed by atoms with Crippen LogP contribution < -0.4 is 10.2 Å². The van der Waals surface area contributed by atoms with Crippen molar-refractivity contribution in [3.05, 3.63) is 53.2 Å². The predicted molar refractivity (Wildman–Crippen MR) is 84.8 cm³/mol. The topological polar surface area (TPSA) is 69.0 Å². The van der Waals surface area contributed by atoms with E-state index in [0.29, 0.717) is 29.4 Å². The summed E-state index contributed by atoms with van der Waals surface area (Å²) in [5.74, 6) is 0.396. The molecule has 0 bridgehead atoms. The Morgan fingerprint density at radius 2 is 2.23 bits per heavy atom. The van der Waals surface area contributed by atoms with Crippen molar-refractivity contribution in [2.75, 3.05) is 16.8 Å². The van der Waals surface area contributed by atoms with Crippen molar-refractivity contribution in [2.45, 2.75) is 12.5 Å². The summed E-state index contributed by atoms with van der Waals surface area (Å²) in [5.41, 5.74) is 1.21. The first-order chi connectivity index (χ1) is 10.7. The molecule has 0 radical (unpaired) electrons. The third kappa shape index (κ3) is 2.74. The molecule has 0 saturated carbocycles. The second-order valence-electron chi connectivity index (χ2n) is 4.97. The number of halogens is 1. The lowest BCUT2D eigenvalue weighted by molar-refractivity contribution is -0.117. The average molecular weight is 313 g/mol. The van der Waals surface area contributed by atoms with Gasteiger partial charge in [-0.2, -0.15) is 5.26 Å². The number of carbonyl (C=O) groups is 1. The van der Waals surface area contributed by atoms with Gasteiger partial charge in [0.2, 0.25) is 5.91 Å². The first kappa shape index (κ1) is 14.4. The average Bonchev–Trinajstić information content (AvgIpc) is 2.89. The van der Waals surface area contributed by atoms with Gasteiger partial charge in [0.15, 0.2) is 0 Å². The van der Waals surface area contributed by atoms with Crippen LogP contribution in [0.2, 0.25) is 5.02 Å². The molecule has 1 N–H and O–H groups in total. The zero-order chi connectivity index (χ0) is 15.5. The van der Waals surface area contributed by atoms with Gasteiger partial charge >= 0.3 is 0 Å². The zero-order valence-corrected chi connectivity index (χ0v) is 12.4. The Bertz CT molecular complexity index is 756. The van der Waals surface area contributed by atoms with E-state index < -0.39 is 0 Å². The quantitative estimate of drug-likeness (QED) is 0.946. The number of hydrogen-bond donors (Lipinski definition) is 1. The van der Waals surface area contributed by atoms with Crippen molar-refractivity contribution < 1.29 is 4.79 Å². The monoisotopic (exact) mass is 312 g/mol. The number of nitrogens with one attached hydrogen (secondary N) is 1. The van der Waals surface area contributed by atoms with Gasteiger partial charge in [0, 0.05) is 23.5 Å². The largest absolute Gasteiger partial charge is 0.357 e. The standard InChI is InChI=1S/C16H13ClN4O/c17-12-4-1-5-13(9-12)21-8-6-14(16(21)22)20-15-11(10-18)3-2-7-19-15/h1-5,7,9,14H,6,8H2,(H,19,20). The molecule has 0 aliphatic carbocycles. The molecule has 0 spiro atoms. The Hall–Kier alpha value is -2.58. The van der Waals surface area contributed by atoms with E-state index >= 15 is 0 Å². The minimum Gasteiger partial charge on any atom is -0.357 e. The lowest BCUT2D eigenvalue weighted by Gasteiger charge is -2.18. The van der Waals surface area contributed by atoms with Crippen LogP contribution in [0.15, 0.2) is 42.6 Å². The summed E-state index contributed by atoms with van der Waals surface area (Å²) in [6, 6.07) is 12.3. The van der Waals surface area contributed by atoms with E-state index in [2.05, 4.69) is 16.4 Å². The maximum Gasteiger partial charge on any atom is 0.249 e. The SMILES string of the molecule is N#Cc1cccnc1NC1CCN(c2cccc(Cl)c2)C1=O. The van der Waals surface area contributed by atoms with Gasteiger partial charge in [-0.15, -0.1) is 0 Å². The fraction of sp³-hybridized carbons (Fsp3) is 0.188. The summed E-state index contributed by atoms with van der Waals surface area (Å²) in [7, 11) is 0.